The summed E-state index contributed by atoms with van der Waals surface area (Å²) < 4.78 is 47.0. The number of aliphatic hydroxyl groups is 1. The maximum atomic E-state index is 15.3. The molecule has 37 heavy (non-hydrogen) atoms. The fraction of sp³-hybridized carbons (Fsp3) is 0.444. The second kappa shape index (κ2) is 9.78. The fourth-order valence-electron chi connectivity index (χ4n) is 4.90. The Morgan fingerprint density at radius 2 is 1.92 bits per heavy atom. The highest BCUT2D eigenvalue weighted by Crippen LogP contribution is 2.37. The highest BCUT2D eigenvalue weighted by molar-refractivity contribution is 6.31. The first-order chi connectivity index (χ1) is 17.5. The van der Waals surface area contributed by atoms with Gasteiger partial charge in [0.05, 0.1) is 6.04 Å². The molecular weight excluding hydrogens is 506 g/mol. The van der Waals surface area contributed by atoms with Crippen LogP contribution in [0.2, 0.25) is 5.02 Å². The first kappa shape index (κ1) is 25.8. The number of furan rings is 1. The molecule has 0 aliphatic carbocycles. The number of benzene rings is 2. The number of aliphatic hydroxyl groups excluding tert-OH is 1. The van der Waals surface area contributed by atoms with Crippen LogP contribution in [0.5, 0.6) is 11.5 Å². The Kier molecular flexibility index (Phi) is 6.81. The van der Waals surface area contributed by atoms with Gasteiger partial charge in [-0.25, -0.2) is 0 Å². The second-order valence-corrected chi connectivity index (χ2v) is 10.9. The van der Waals surface area contributed by atoms with Crippen molar-refractivity contribution in [1.29, 1.82) is 0 Å². The standard InChI is InChI=1S/C27H29ClF2N2O5/c1-26(2)7-8-32(15-26)14-19(24(33)16-3-5-21-22(12-16)36-10-9-35-21)31-25(34)27(29,30)23-13-17-11-18(28)4-6-20(17)37-23/h3-6,11-13,19,24,33H,7-10,14-15H2,1-2H3,(H,31,34)/t19-,24+/m1/s1. The molecule has 2 aliphatic heterocycles. The van der Waals surface area contributed by atoms with E-state index >= 15 is 8.78 Å². The predicted molar refractivity (Wildman–Crippen MR) is 134 cm³/mol. The highest BCUT2D eigenvalue weighted by atomic mass is 35.5. The molecule has 2 atom stereocenters. The topological polar surface area (TPSA) is 84.2 Å². The third-order valence-electron chi connectivity index (χ3n) is 6.89. The minimum atomic E-state index is -3.97. The average molecular weight is 535 g/mol. The lowest BCUT2D eigenvalue weighted by Crippen LogP contribution is -2.51. The van der Waals surface area contributed by atoms with Crippen molar-refractivity contribution in [2.45, 2.75) is 38.3 Å². The van der Waals surface area contributed by atoms with Gasteiger partial charge in [0.25, 0.3) is 5.91 Å². The number of alkyl halides is 2. The van der Waals surface area contributed by atoms with Gasteiger partial charge in [0.1, 0.15) is 24.9 Å². The first-order valence-corrected chi connectivity index (χ1v) is 12.6. The summed E-state index contributed by atoms with van der Waals surface area (Å²) in [5.41, 5.74) is 0.671. The molecule has 2 aliphatic rings. The molecule has 5 rings (SSSR count). The molecule has 1 amide bonds. The maximum Gasteiger partial charge on any atom is 0.380 e. The third-order valence-corrected chi connectivity index (χ3v) is 7.12. The molecule has 0 bridgehead atoms. The number of ether oxygens (including phenoxy) is 2. The van der Waals surface area contributed by atoms with Crippen molar-refractivity contribution in [1.82, 2.24) is 10.2 Å². The highest BCUT2D eigenvalue weighted by Gasteiger charge is 2.46. The van der Waals surface area contributed by atoms with Crippen molar-refractivity contribution in [3.8, 4) is 11.5 Å². The number of fused-ring (bicyclic) bond motifs is 2. The lowest BCUT2D eigenvalue weighted by Gasteiger charge is -2.31. The minimum absolute atomic E-state index is 0.0516. The van der Waals surface area contributed by atoms with Gasteiger partial charge < -0.3 is 29.2 Å². The zero-order chi connectivity index (χ0) is 26.4. The third kappa shape index (κ3) is 5.39. The molecule has 3 heterocycles. The van der Waals surface area contributed by atoms with E-state index in [0.29, 0.717) is 47.2 Å². The van der Waals surface area contributed by atoms with Crippen LogP contribution >= 0.6 is 11.6 Å². The SMILES string of the molecule is CC1(C)CCN(C[C@@H](NC(=O)C(F)(F)c2cc3cc(Cl)ccc3o2)[C@@H](O)c2ccc3c(c2)OCCO3)C1. The summed E-state index contributed by atoms with van der Waals surface area (Å²) in [6, 6.07) is 9.50. The number of likely N-dealkylation sites (tertiary alicyclic amines) is 1. The van der Waals surface area contributed by atoms with Gasteiger partial charge in [-0.3, -0.25) is 4.79 Å². The van der Waals surface area contributed by atoms with E-state index in [2.05, 4.69) is 24.1 Å². The van der Waals surface area contributed by atoms with E-state index in [4.69, 9.17) is 25.5 Å². The molecule has 3 aromatic rings. The smallest absolute Gasteiger partial charge is 0.380 e. The van der Waals surface area contributed by atoms with Crippen LogP contribution in [0.25, 0.3) is 11.0 Å². The van der Waals surface area contributed by atoms with E-state index in [1.54, 1.807) is 18.2 Å². The van der Waals surface area contributed by atoms with Crippen LogP contribution in [0, 0.1) is 5.41 Å². The Morgan fingerprint density at radius 1 is 1.16 bits per heavy atom. The molecule has 10 heteroatoms. The van der Waals surface area contributed by atoms with E-state index in [1.807, 2.05) is 0 Å². The van der Waals surface area contributed by atoms with Crippen LogP contribution in [0.1, 0.15) is 37.7 Å². The summed E-state index contributed by atoms with van der Waals surface area (Å²) >= 11 is 5.95. The number of carbonyl (C=O) groups excluding carboxylic acids is 1. The molecule has 2 N–H and O–H groups in total. The van der Waals surface area contributed by atoms with Crippen LogP contribution in [-0.2, 0) is 10.7 Å². The van der Waals surface area contributed by atoms with E-state index in [1.165, 1.54) is 18.2 Å². The number of hydrogen-bond donors (Lipinski definition) is 2. The first-order valence-electron chi connectivity index (χ1n) is 12.2. The monoisotopic (exact) mass is 534 g/mol. The van der Waals surface area contributed by atoms with Crippen molar-refractivity contribution in [3.63, 3.8) is 0 Å². The fourth-order valence-corrected chi connectivity index (χ4v) is 5.08. The van der Waals surface area contributed by atoms with Gasteiger partial charge in [-0.15, -0.1) is 0 Å². The van der Waals surface area contributed by atoms with Crippen molar-refractivity contribution in [2.75, 3.05) is 32.8 Å². The van der Waals surface area contributed by atoms with Crippen molar-refractivity contribution >= 4 is 28.5 Å². The lowest BCUT2D eigenvalue weighted by molar-refractivity contribution is -0.151. The Balaban J connectivity index is 1.40. The summed E-state index contributed by atoms with van der Waals surface area (Å²) in [6.45, 7) is 6.67. The largest absolute Gasteiger partial charge is 0.486 e. The zero-order valence-corrected chi connectivity index (χ0v) is 21.4. The van der Waals surface area contributed by atoms with Gasteiger partial charge in [0.15, 0.2) is 17.3 Å². The summed E-state index contributed by atoms with van der Waals surface area (Å²) in [5.74, 6) is -5.32. The van der Waals surface area contributed by atoms with Crippen molar-refractivity contribution < 1.29 is 32.6 Å². The van der Waals surface area contributed by atoms with Gasteiger partial charge >= 0.3 is 5.92 Å². The molecule has 2 aromatic carbocycles. The Labute approximate surface area is 218 Å². The van der Waals surface area contributed by atoms with E-state index in [9.17, 15) is 9.90 Å². The minimum Gasteiger partial charge on any atom is -0.486 e. The van der Waals surface area contributed by atoms with Crippen LogP contribution in [0.4, 0.5) is 8.78 Å². The molecule has 1 saturated heterocycles. The Bertz CT molecular complexity index is 1310. The molecule has 1 aromatic heterocycles. The maximum absolute atomic E-state index is 15.3. The molecule has 0 unspecified atom stereocenters. The van der Waals surface area contributed by atoms with Gasteiger partial charge in [-0.1, -0.05) is 31.5 Å². The molecular formula is C27H29ClF2N2O5. The van der Waals surface area contributed by atoms with Crippen LogP contribution < -0.4 is 14.8 Å². The summed E-state index contributed by atoms with van der Waals surface area (Å²) in [6.07, 6.45) is -0.348. The molecule has 0 radical (unpaired) electrons. The molecule has 198 valence electrons. The van der Waals surface area contributed by atoms with Crippen LogP contribution in [-0.4, -0.2) is 54.8 Å². The number of hydrogen-bond acceptors (Lipinski definition) is 6. The predicted octanol–water partition coefficient (Wildman–Crippen LogP) is 4.90. The zero-order valence-electron chi connectivity index (χ0n) is 20.6. The number of nitrogens with zero attached hydrogens (tertiary/aromatic N) is 1. The molecule has 0 spiro atoms. The number of halogens is 3. The van der Waals surface area contributed by atoms with Crippen LogP contribution in [0.3, 0.4) is 0 Å². The number of rotatable bonds is 7. The van der Waals surface area contributed by atoms with Gasteiger partial charge in [0, 0.05) is 23.5 Å². The summed E-state index contributed by atoms with van der Waals surface area (Å²) in [5, 5.41) is 14.4. The van der Waals surface area contributed by atoms with E-state index in [-0.39, 0.29) is 17.5 Å². The second-order valence-electron chi connectivity index (χ2n) is 10.4. The number of amides is 1. The normalized spacial score (nSPS) is 19.1. The van der Waals surface area contributed by atoms with E-state index in [0.717, 1.165) is 19.0 Å². The van der Waals surface area contributed by atoms with Gasteiger partial charge in [-0.2, -0.15) is 8.78 Å². The van der Waals surface area contributed by atoms with Crippen molar-refractivity contribution in [3.05, 3.63) is 58.8 Å². The average Bonchev–Trinajstić information content (AvgIpc) is 3.45. The Morgan fingerprint density at radius 3 is 2.65 bits per heavy atom. The molecule has 7 nitrogen and oxygen atoms in total. The molecule has 1 fully saturated rings. The summed E-state index contributed by atoms with van der Waals surface area (Å²) in [4.78, 5) is 15.0. The van der Waals surface area contributed by atoms with Gasteiger partial charge in [-0.05, 0) is 60.3 Å². The number of nitrogens with one attached hydrogen (secondary N) is 1. The van der Waals surface area contributed by atoms with Crippen molar-refractivity contribution in [2.24, 2.45) is 5.41 Å². The summed E-state index contributed by atoms with van der Waals surface area (Å²) in [7, 11) is 0. The Hall–Kier alpha value is -2.88. The number of carbonyl (C=O) groups is 1. The molecule has 0 saturated carbocycles. The quantitative estimate of drug-likeness (QED) is 0.448. The van der Waals surface area contributed by atoms with E-state index < -0.39 is 29.7 Å². The lowest BCUT2D eigenvalue weighted by atomic mass is 9.93. The van der Waals surface area contributed by atoms with Gasteiger partial charge in [0.2, 0.25) is 0 Å². The van der Waals surface area contributed by atoms with Crippen LogP contribution in [0.15, 0.2) is 46.9 Å².